The number of halogens is 1. The number of carbonyl (C=O) groups excluding carboxylic acids is 1. The molecule has 0 spiro atoms. The zero-order valence-corrected chi connectivity index (χ0v) is 12.7. The lowest BCUT2D eigenvalue weighted by atomic mass is 9.68. The van der Waals surface area contributed by atoms with Crippen LogP contribution in [0.25, 0.3) is 0 Å². The molecule has 0 amide bonds. The maximum Gasteiger partial charge on any atom is 0.0632 e. The molecule has 0 aliphatic carbocycles. The van der Waals surface area contributed by atoms with E-state index >= 15 is 0 Å². The van der Waals surface area contributed by atoms with Crippen molar-refractivity contribution in [3.05, 3.63) is 34.9 Å². The number of rotatable bonds is 4. The molecule has 1 saturated heterocycles. The molecule has 0 aromatic heterocycles. The summed E-state index contributed by atoms with van der Waals surface area (Å²) in [5, 5.41) is 11.9. The van der Waals surface area contributed by atoms with Gasteiger partial charge in [0.25, 0.3) is 0 Å². The molecule has 0 bridgehead atoms. The summed E-state index contributed by atoms with van der Waals surface area (Å²) in [6, 6.07) is 7.61. The van der Waals surface area contributed by atoms with Crippen LogP contribution in [0.5, 0.6) is 0 Å². The third-order valence-electron chi connectivity index (χ3n) is 3.97. The Kier molecular flexibility index (Phi) is 4.40. The number of hydrogen-bond acceptors (Lipinski definition) is 3. The monoisotopic (exact) mass is 295 g/mol. The quantitative estimate of drug-likeness (QED) is 0.858. The van der Waals surface area contributed by atoms with Crippen LogP contribution in [0.2, 0.25) is 5.02 Å². The Morgan fingerprint density at radius 3 is 2.70 bits per heavy atom. The number of benzene rings is 1. The standard InChI is InChI=1S/C16H21ClO3/c1-15(2)11-16(7-8-20-15,10-14(18)19)9-12-5-3-4-6-13(12)17/h3-6H,7-11H2,1-2H3,(H,18,19)/p-1/t16-/m1/s1. The van der Waals surface area contributed by atoms with Crippen LogP contribution < -0.4 is 5.11 Å². The second-order valence-corrected chi connectivity index (χ2v) is 6.76. The van der Waals surface area contributed by atoms with Gasteiger partial charge in [-0.25, -0.2) is 0 Å². The summed E-state index contributed by atoms with van der Waals surface area (Å²) in [6.45, 7) is 4.58. The van der Waals surface area contributed by atoms with E-state index in [4.69, 9.17) is 16.3 Å². The van der Waals surface area contributed by atoms with Gasteiger partial charge < -0.3 is 14.6 Å². The first-order chi connectivity index (χ1) is 9.32. The predicted molar refractivity (Wildman–Crippen MR) is 76.5 cm³/mol. The van der Waals surface area contributed by atoms with Crippen molar-refractivity contribution in [2.45, 2.75) is 45.1 Å². The molecule has 1 aromatic rings. The summed E-state index contributed by atoms with van der Waals surface area (Å²) in [5.41, 5.74) is 0.341. The summed E-state index contributed by atoms with van der Waals surface area (Å²) >= 11 is 6.22. The molecule has 1 heterocycles. The van der Waals surface area contributed by atoms with E-state index in [1.54, 1.807) is 0 Å². The third kappa shape index (κ3) is 3.74. The average Bonchev–Trinajstić information content (AvgIpc) is 2.29. The molecule has 0 unspecified atom stereocenters. The van der Waals surface area contributed by atoms with Crippen molar-refractivity contribution < 1.29 is 14.6 Å². The Morgan fingerprint density at radius 2 is 2.10 bits per heavy atom. The van der Waals surface area contributed by atoms with Crippen LogP contribution in [0.3, 0.4) is 0 Å². The Balaban J connectivity index is 2.28. The molecule has 1 aromatic carbocycles. The van der Waals surface area contributed by atoms with Crippen LogP contribution in [-0.4, -0.2) is 18.2 Å². The van der Waals surface area contributed by atoms with Gasteiger partial charge in [-0.2, -0.15) is 0 Å². The normalized spacial score (nSPS) is 25.4. The highest BCUT2D eigenvalue weighted by Crippen LogP contribution is 2.44. The van der Waals surface area contributed by atoms with E-state index in [0.717, 1.165) is 12.0 Å². The predicted octanol–water partition coefficient (Wildman–Crippen LogP) is 2.60. The molecule has 20 heavy (non-hydrogen) atoms. The van der Waals surface area contributed by atoms with E-state index in [0.29, 0.717) is 24.5 Å². The van der Waals surface area contributed by atoms with Crippen LogP contribution in [0.4, 0.5) is 0 Å². The Morgan fingerprint density at radius 1 is 1.40 bits per heavy atom. The number of hydrogen-bond donors (Lipinski definition) is 0. The average molecular weight is 296 g/mol. The number of aliphatic carboxylic acids is 1. The van der Waals surface area contributed by atoms with E-state index in [1.807, 2.05) is 38.1 Å². The highest BCUT2D eigenvalue weighted by atomic mass is 35.5. The van der Waals surface area contributed by atoms with Crippen LogP contribution in [0.1, 0.15) is 38.7 Å². The second kappa shape index (κ2) is 5.74. The number of carboxylic acids is 1. The van der Waals surface area contributed by atoms with Gasteiger partial charge in [0.2, 0.25) is 0 Å². The first kappa shape index (κ1) is 15.3. The smallest absolute Gasteiger partial charge is 0.0632 e. The fraction of sp³-hybridized carbons (Fsp3) is 0.562. The minimum atomic E-state index is -1.00. The first-order valence-corrected chi connectivity index (χ1v) is 7.27. The fourth-order valence-corrected chi connectivity index (χ4v) is 3.51. The molecule has 3 nitrogen and oxygen atoms in total. The van der Waals surface area contributed by atoms with E-state index in [2.05, 4.69) is 0 Å². The summed E-state index contributed by atoms with van der Waals surface area (Å²) in [5.74, 6) is -1.00. The van der Waals surface area contributed by atoms with Crippen LogP contribution in [-0.2, 0) is 16.0 Å². The van der Waals surface area contributed by atoms with E-state index in [9.17, 15) is 9.90 Å². The van der Waals surface area contributed by atoms with Crippen molar-refractivity contribution >= 4 is 17.6 Å². The van der Waals surface area contributed by atoms with Gasteiger partial charge in [0.1, 0.15) is 0 Å². The van der Waals surface area contributed by atoms with Crippen LogP contribution in [0, 0.1) is 5.41 Å². The molecule has 2 rings (SSSR count). The molecule has 1 atom stereocenters. The highest BCUT2D eigenvalue weighted by molar-refractivity contribution is 6.31. The maximum absolute atomic E-state index is 11.2. The fourth-order valence-electron chi connectivity index (χ4n) is 3.30. The van der Waals surface area contributed by atoms with E-state index in [1.165, 1.54) is 0 Å². The van der Waals surface area contributed by atoms with Crippen molar-refractivity contribution in [1.29, 1.82) is 0 Å². The molecule has 0 saturated carbocycles. The van der Waals surface area contributed by atoms with Crippen molar-refractivity contribution in [1.82, 2.24) is 0 Å². The van der Waals surface area contributed by atoms with Gasteiger partial charge in [-0.15, -0.1) is 0 Å². The molecular formula is C16H20ClO3-. The summed E-state index contributed by atoms with van der Waals surface area (Å²) in [6.07, 6.45) is 2.10. The van der Waals surface area contributed by atoms with Gasteiger partial charge in [-0.05, 0) is 56.6 Å². The van der Waals surface area contributed by atoms with Gasteiger partial charge in [0.05, 0.1) is 5.60 Å². The zero-order valence-electron chi connectivity index (χ0n) is 11.9. The van der Waals surface area contributed by atoms with Crippen LogP contribution >= 0.6 is 11.6 Å². The van der Waals surface area contributed by atoms with Crippen molar-refractivity contribution in [3.63, 3.8) is 0 Å². The minimum Gasteiger partial charge on any atom is -0.550 e. The molecule has 110 valence electrons. The van der Waals surface area contributed by atoms with Crippen molar-refractivity contribution in [2.75, 3.05) is 6.61 Å². The minimum absolute atomic E-state index is 0.0466. The zero-order chi connectivity index (χ0) is 14.8. The largest absolute Gasteiger partial charge is 0.550 e. The number of carbonyl (C=O) groups is 1. The molecule has 0 radical (unpaired) electrons. The Labute approximate surface area is 124 Å². The second-order valence-electron chi connectivity index (χ2n) is 6.35. The van der Waals surface area contributed by atoms with Crippen molar-refractivity contribution in [3.8, 4) is 0 Å². The van der Waals surface area contributed by atoms with Crippen LogP contribution in [0.15, 0.2) is 24.3 Å². The summed E-state index contributed by atoms with van der Waals surface area (Å²) in [4.78, 5) is 11.2. The van der Waals surface area contributed by atoms with Gasteiger partial charge in [-0.3, -0.25) is 0 Å². The number of ether oxygens (including phenoxy) is 1. The lowest BCUT2D eigenvalue weighted by Gasteiger charge is -2.45. The maximum atomic E-state index is 11.2. The van der Waals surface area contributed by atoms with Gasteiger partial charge in [0.15, 0.2) is 0 Å². The van der Waals surface area contributed by atoms with Gasteiger partial charge in [-0.1, -0.05) is 29.8 Å². The summed E-state index contributed by atoms with van der Waals surface area (Å²) in [7, 11) is 0. The molecule has 1 aliphatic heterocycles. The molecular weight excluding hydrogens is 276 g/mol. The molecule has 1 aliphatic rings. The molecule has 4 heteroatoms. The lowest BCUT2D eigenvalue weighted by Crippen LogP contribution is -2.45. The van der Waals surface area contributed by atoms with E-state index in [-0.39, 0.29) is 17.4 Å². The van der Waals surface area contributed by atoms with Gasteiger partial charge >= 0.3 is 0 Å². The Hall–Kier alpha value is -1.06. The molecule has 1 fully saturated rings. The van der Waals surface area contributed by atoms with E-state index < -0.39 is 5.97 Å². The highest BCUT2D eigenvalue weighted by Gasteiger charge is 2.41. The third-order valence-corrected chi connectivity index (χ3v) is 4.34. The van der Waals surface area contributed by atoms with Gasteiger partial charge in [0, 0.05) is 17.6 Å². The number of carboxylic acid groups (broad SMARTS) is 1. The SMILES string of the molecule is CC1(C)C[C@@](CC(=O)[O-])(Cc2ccccc2Cl)CCO1. The Bertz CT molecular complexity index is 498. The molecule has 0 N–H and O–H groups in total. The summed E-state index contributed by atoms with van der Waals surface area (Å²) < 4.78 is 5.72. The topological polar surface area (TPSA) is 49.4 Å². The first-order valence-electron chi connectivity index (χ1n) is 6.89. The van der Waals surface area contributed by atoms with Crippen molar-refractivity contribution in [2.24, 2.45) is 5.41 Å². The lowest BCUT2D eigenvalue weighted by molar-refractivity contribution is -0.309.